The lowest BCUT2D eigenvalue weighted by Crippen LogP contribution is -2.44. The fourth-order valence-electron chi connectivity index (χ4n) is 6.00. The van der Waals surface area contributed by atoms with Crippen LogP contribution in [0.3, 0.4) is 0 Å². The number of rotatable bonds is 10. The molecule has 6 rings (SSSR count). The summed E-state index contributed by atoms with van der Waals surface area (Å²) in [4.78, 5) is 40.7. The van der Waals surface area contributed by atoms with E-state index in [0.29, 0.717) is 48.1 Å². The van der Waals surface area contributed by atoms with Gasteiger partial charge >= 0.3 is 5.69 Å². The summed E-state index contributed by atoms with van der Waals surface area (Å²) in [5, 5.41) is 1.79. The van der Waals surface area contributed by atoms with Crippen molar-refractivity contribution in [3.8, 4) is 5.75 Å². The third-order valence-electron chi connectivity index (χ3n) is 8.39. The molecule has 0 unspecified atom stereocenters. The predicted octanol–water partition coefficient (Wildman–Crippen LogP) is 6.14. The van der Waals surface area contributed by atoms with Gasteiger partial charge in [-0.1, -0.05) is 35.3 Å². The molecule has 0 aliphatic carbocycles. The lowest BCUT2D eigenvalue weighted by Gasteiger charge is -2.31. The molecule has 240 valence electrons. The summed E-state index contributed by atoms with van der Waals surface area (Å²) in [7, 11) is 0. The largest absolute Gasteiger partial charge is 0.482 e. The molecular formula is C33H29Cl2F3N4O4. The number of nitrogens with zero attached hydrogens (tertiary/aromatic N) is 4. The minimum atomic E-state index is -1.54. The number of alkyl halides is 2. The topological polar surface area (TPSA) is 78.5 Å². The number of fused-ring (bicyclic) bond motifs is 2. The van der Waals surface area contributed by atoms with Crippen LogP contribution in [0.2, 0.25) is 10.0 Å². The van der Waals surface area contributed by atoms with Gasteiger partial charge in [0.05, 0.1) is 27.5 Å². The van der Waals surface area contributed by atoms with Crippen LogP contribution in [0.5, 0.6) is 5.75 Å². The molecule has 0 N–H and O–H groups in total. The van der Waals surface area contributed by atoms with E-state index >= 15 is 4.39 Å². The highest BCUT2D eigenvalue weighted by molar-refractivity contribution is 6.42. The van der Waals surface area contributed by atoms with Gasteiger partial charge in [0, 0.05) is 43.5 Å². The van der Waals surface area contributed by atoms with Crippen molar-refractivity contribution < 1.29 is 22.7 Å². The van der Waals surface area contributed by atoms with Gasteiger partial charge in [-0.3, -0.25) is 18.7 Å². The molecule has 46 heavy (non-hydrogen) atoms. The standard InChI is InChI=1S/C33H29Cl2F3N4O4/c34-26-3-1-21(12-27(26)35)17-40-10-5-22-11-20(2-4-29(22)40)18-41-32(44)25-13-31(46-24(15-36)16-37)28(38)14-30(25)42(33(41)45)23-6-8-39(19-43)9-7-23/h1-5,10-14,19,23-24H,6-9,15-18H2. The molecule has 5 aromatic rings. The number of carbonyl (C=O) groups is 1. The second-order valence-electron chi connectivity index (χ2n) is 11.3. The minimum absolute atomic E-state index is 0.0286. The van der Waals surface area contributed by atoms with Crippen molar-refractivity contribution in [1.29, 1.82) is 0 Å². The Morgan fingerprint density at radius 3 is 2.30 bits per heavy atom. The maximum atomic E-state index is 15.2. The van der Waals surface area contributed by atoms with Crippen molar-refractivity contribution in [1.82, 2.24) is 18.6 Å². The van der Waals surface area contributed by atoms with Crippen LogP contribution in [0, 0.1) is 5.82 Å². The molecule has 0 atom stereocenters. The number of hydrogen-bond donors (Lipinski definition) is 0. The molecule has 13 heteroatoms. The van der Waals surface area contributed by atoms with E-state index in [-0.39, 0.29) is 17.4 Å². The molecule has 3 aromatic carbocycles. The van der Waals surface area contributed by atoms with Crippen LogP contribution in [-0.2, 0) is 17.9 Å². The van der Waals surface area contributed by atoms with Crippen LogP contribution in [-0.4, -0.2) is 57.6 Å². The highest BCUT2D eigenvalue weighted by atomic mass is 35.5. The first-order valence-corrected chi connectivity index (χ1v) is 15.4. The van der Waals surface area contributed by atoms with E-state index in [4.69, 9.17) is 27.9 Å². The van der Waals surface area contributed by atoms with Crippen LogP contribution in [0.1, 0.15) is 30.0 Å². The van der Waals surface area contributed by atoms with E-state index in [1.165, 1.54) is 4.57 Å². The number of benzene rings is 3. The lowest BCUT2D eigenvalue weighted by molar-refractivity contribution is -0.119. The Morgan fingerprint density at radius 1 is 0.891 bits per heavy atom. The number of hydrogen-bond acceptors (Lipinski definition) is 4. The van der Waals surface area contributed by atoms with E-state index in [1.54, 1.807) is 11.0 Å². The monoisotopic (exact) mass is 672 g/mol. The number of halogens is 5. The Balaban J connectivity index is 1.41. The van der Waals surface area contributed by atoms with Gasteiger partial charge in [0.2, 0.25) is 6.41 Å². The average Bonchev–Trinajstić information content (AvgIpc) is 3.46. The van der Waals surface area contributed by atoms with E-state index in [0.717, 1.165) is 39.6 Å². The third kappa shape index (κ3) is 6.13. The molecule has 1 aliphatic rings. The van der Waals surface area contributed by atoms with Crippen LogP contribution in [0.4, 0.5) is 13.2 Å². The van der Waals surface area contributed by atoms with Gasteiger partial charge in [0.1, 0.15) is 13.3 Å². The van der Waals surface area contributed by atoms with E-state index in [9.17, 15) is 23.2 Å². The van der Waals surface area contributed by atoms with Gasteiger partial charge in [0.25, 0.3) is 5.56 Å². The van der Waals surface area contributed by atoms with E-state index in [2.05, 4.69) is 0 Å². The van der Waals surface area contributed by atoms with Gasteiger partial charge in [-0.15, -0.1) is 0 Å². The molecule has 1 amide bonds. The van der Waals surface area contributed by atoms with Crippen LogP contribution >= 0.6 is 23.2 Å². The molecule has 2 aromatic heterocycles. The Labute approximate surface area is 271 Å². The number of piperidine rings is 1. The molecule has 1 fully saturated rings. The number of aromatic nitrogens is 3. The zero-order valence-corrected chi connectivity index (χ0v) is 26.0. The zero-order chi connectivity index (χ0) is 32.5. The Kier molecular flexibility index (Phi) is 9.15. The van der Waals surface area contributed by atoms with Crippen LogP contribution in [0.25, 0.3) is 21.8 Å². The Morgan fingerprint density at radius 2 is 1.61 bits per heavy atom. The fourth-order valence-corrected chi connectivity index (χ4v) is 6.32. The predicted molar refractivity (Wildman–Crippen MR) is 171 cm³/mol. The van der Waals surface area contributed by atoms with Gasteiger partial charge < -0.3 is 14.2 Å². The van der Waals surface area contributed by atoms with Gasteiger partial charge in [-0.05, 0) is 65.8 Å². The molecule has 3 heterocycles. The third-order valence-corrected chi connectivity index (χ3v) is 9.13. The first kappa shape index (κ1) is 31.7. The Hall–Kier alpha value is -4.22. The minimum Gasteiger partial charge on any atom is -0.482 e. The number of amides is 1. The van der Waals surface area contributed by atoms with Crippen molar-refractivity contribution in [3.63, 3.8) is 0 Å². The summed E-state index contributed by atoms with van der Waals surface area (Å²) in [5.74, 6) is -1.44. The van der Waals surface area contributed by atoms with E-state index in [1.807, 2.05) is 47.2 Å². The molecule has 8 nitrogen and oxygen atoms in total. The summed E-state index contributed by atoms with van der Waals surface area (Å²) in [6.45, 7) is -1.15. The first-order chi connectivity index (χ1) is 22.2. The maximum absolute atomic E-state index is 15.2. The summed E-state index contributed by atoms with van der Waals surface area (Å²) >= 11 is 12.2. The highest BCUT2D eigenvalue weighted by Crippen LogP contribution is 2.29. The van der Waals surface area contributed by atoms with Crippen LogP contribution < -0.4 is 16.0 Å². The smallest absolute Gasteiger partial charge is 0.332 e. The van der Waals surface area contributed by atoms with Gasteiger partial charge in [-0.25, -0.2) is 18.0 Å². The fraction of sp³-hybridized carbons (Fsp3) is 0.303. The SMILES string of the molecule is O=CN1CCC(n2c(=O)n(Cc3ccc4c(ccn4Cc4ccc(Cl)c(Cl)c4)c3)c(=O)c3cc(OC(CF)CF)c(F)cc32)CC1. The molecular weight excluding hydrogens is 644 g/mol. The normalized spacial score (nSPS) is 14.1. The molecule has 1 aliphatic heterocycles. The summed E-state index contributed by atoms with van der Waals surface area (Å²) in [6.07, 6.45) is 1.95. The molecule has 0 saturated carbocycles. The van der Waals surface area contributed by atoms with Crippen molar-refractivity contribution in [3.05, 3.63) is 109 Å². The quantitative estimate of drug-likeness (QED) is 0.167. The summed E-state index contributed by atoms with van der Waals surface area (Å²) < 4.78 is 51.3. The van der Waals surface area contributed by atoms with Crippen molar-refractivity contribution >= 4 is 51.4 Å². The van der Waals surface area contributed by atoms with Gasteiger partial charge in [0.15, 0.2) is 17.7 Å². The number of likely N-dealkylation sites (tertiary alicyclic amines) is 1. The van der Waals surface area contributed by atoms with Crippen molar-refractivity contribution in [2.75, 3.05) is 26.4 Å². The summed E-state index contributed by atoms with van der Waals surface area (Å²) in [5.41, 5.74) is 1.29. The van der Waals surface area contributed by atoms with E-state index < -0.39 is 48.3 Å². The Bertz CT molecular complexity index is 2050. The summed E-state index contributed by atoms with van der Waals surface area (Å²) in [6, 6.07) is 14.7. The molecule has 1 saturated heterocycles. The maximum Gasteiger partial charge on any atom is 0.332 e. The van der Waals surface area contributed by atoms with Crippen LogP contribution in [0.15, 0.2) is 70.4 Å². The number of carbonyl (C=O) groups excluding carboxylic acids is 1. The lowest BCUT2D eigenvalue weighted by atomic mass is 10.0. The van der Waals surface area contributed by atoms with Gasteiger partial charge in [-0.2, -0.15) is 0 Å². The highest BCUT2D eigenvalue weighted by Gasteiger charge is 2.26. The second kappa shape index (κ2) is 13.3. The zero-order valence-electron chi connectivity index (χ0n) is 24.5. The number of ether oxygens (including phenoxy) is 1. The molecule has 0 bridgehead atoms. The van der Waals surface area contributed by atoms with Crippen molar-refractivity contribution in [2.24, 2.45) is 0 Å². The average molecular weight is 674 g/mol. The first-order valence-electron chi connectivity index (χ1n) is 14.7. The molecule has 0 radical (unpaired) electrons. The second-order valence-corrected chi connectivity index (χ2v) is 12.2. The molecule has 0 spiro atoms. The van der Waals surface area contributed by atoms with Crippen molar-refractivity contribution in [2.45, 2.75) is 38.1 Å².